The first-order valence-electron chi connectivity index (χ1n) is 7.19. The average Bonchev–Trinajstić information content (AvgIpc) is 2.35. The maximum Gasteiger partial charge on any atom is 0.416 e. The van der Waals surface area contributed by atoms with Crippen molar-refractivity contribution < 1.29 is 32.6 Å². The second-order valence-electron chi connectivity index (χ2n) is 6.36. The zero-order valence-corrected chi connectivity index (χ0v) is 13.6. The molecule has 2 atom stereocenters. The van der Waals surface area contributed by atoms with Crippen molar-refractivity contribution in [2.24, 2.45) is 5.73 Å². The number of carboxylic acid groups (broad SMARTS) is 1. The van der Waals surface area contributed by atoms with Gasteiger partial charge >= 0.3 is 18.1 Å². The molecule has 24 heavy (non-hydrogen) atoms. The number of rotatable bonds is 5. The maximum absolute atomic E-state index is 13.2. The number of carboxylic acids is 1. The van der Waals surface area contributed by atoms with Crippen molar-refractivity contribution in [1.82, 2.24) is 0 Å². The lowest BCUT2D eigenvalue weighted by atomic mass is 9.86. The van der Waals surface area contributed by atoms with Crippen LogP contribution in [0.25, 0.3) is 0 Å². The number of ether oxygens (including phenoxy) is 1. The van der Waals surface area contributed by atoms with Gasteiger partial charge in [-0.2, -0.15) is 13.2 Å². The minimum Gasteiger partial charge on any atom is -0.481 e. The summed E-state index contributed by atoms with van der Waals surface area (Å²) in [5, 5.41) is 8.87. The third-order valence-corrected chi connectivity index (χ3v) is 3.10. The van der Waals surface area contributed by atoms with E-state index < -0.39 is 53.2 Å². The van der Waals surface area contributed by atoms with Crippen LogP contribution in [0.4, 0.5) is 13.2 Å². The van der Waals surface area contributed by atoms with Gasteiger partial charge in [-0.3, -0.25) is 9.59 Å². The van der Waals surface area contributed by atoms with Crippen LogP contribution < -0.4 is 5.73 Å². The fourth-order valence-electron chi connectivity index (χ4n) is 2.24. The molecule has 1 aromatic carbocycles. The van der Waals surface area contributed by atoms with Crippen molar-refractivity contribution in [3.8, 4) is 0 Å². The summed E-state index contributed by atoms with van der Waals surface area (Å²) in [5.41, 5.74) is 3.35. The topological polar surface area (TPSA) is 89.6 Å². The number of esters is 1. The van der Waals surface area contributed by atoms with Gasteiger partial charge in [-0.1, -0.05) is 18.2 Å². The summed E-state index contributed by atoms with van der Waals surface area (Å²) in [5.74, 6) is -3.85. The highest BCUT2D eigenvalue weighted by molar-refractivity contribution is 5.81. The summed E-state index contributed by atoms with van der Waals surface area (Å²) in [6.07, 6.45) is -5.38. The second kappa shape index (κ2) is 7.21. The molecule has 0 amide bonds. The molecule has 8 heteroatoms. The van der Waals surface area contributed by atoms with E-state index in [2.05, 4.69) is 0 Å². The summed E-state index contributed by atoms with van der Waals surface area (Å²) in [6.45, 7) is 4.67. The van der Waals surface area contributed by atoms with E-state index in [0.717, 1.165) is 12.1 Å². The molecular weight excluding hydrogens is 327 g/mol. The highest BCUT2D eigenvalue weighted by Crippen LogP contribution is 2.37. The minimum atomic E-state index is -4.71. The summed E-state index contributed by atoms with van der Waals surface area (Å²) >= 11 is 0. The third kappa shape index (κ3) is 5.52. The monoisotopic (exact) mass is 347 g/mol. The van der Waals surface area contributed by atoms with E-state index in [0.29, 0.717) is 0 Å². The Hall–Kier alpha value is -2.09. The largest absolute Gasteiger partial charge is 0.481 e. The van der Waals surface area contributed by atoms with E-state index in [1.807, 2.05) is 0 Å². The molecule has 0 aromatic heterocycles. The van der Waals surface area contributed by atoms with Crippen LogP contribution in [-0.2, 0) is 20.5 Å². The van der Waals surface area contributed by atoms with Crippen molar-refractivity contribution in [3.63, 3.8) is 0 Å². The van der Waals surface area contributed by atoms with Crippen molar-refractivity contribution >= 4 is 11.9 Å². The number of nitrogens with two attached hydrogens (primary N) is 1. The Morgan fingerprint density at radius 3 is 2.21 bits per heavy atom. The number of hydrogen-bond acceptors (Lipinski definition) is 4. The number of aliphatic carboxylic acids is 1. The molecule has 0 aliphatic carbocycles. The van der Waals surface area contributed by atoms with Gasteiger partial charge < -0.3 is 15.6 Å². The van der Waals surface area contributed by atoms with Gasteiger partial charge in [0.25, 0.3) is 0 Å². The molecule has 0 unspecified atom stereocenters. The van der Waals surface area contributed by atoms with E-state index in [4.69, 9.17) is 15.6 Å². The molecule has 5 nitrogen and oxygen atoms in total. The number of alkyl halides is 3. The first kappa shape index (κ1) is 20.0. The molecular formula is C16H20F3NO4. The average molecular weight is 347 g/mol. The molecule has 1 rings (SSSR count). The van der Waals surface area contributed by atoms with Crippen molar-refractivity contribution in [2.45, 2.75) is 50.9 Å². The summed E-state index contributed by atoms with van der Waals surface area (Å²) in [7, 11) is 0. The van der Waals surface area contributed by atoms with Crippen molar-refractivity contribution in [3.05, 3.63) is 35.4 Å². The summed E-state index contributed by atoms with van der Waals surface area (Å²) < 4.78 is 44.8. The quantitative estimate of drug-likeness (QED) is 0.800. The third-order valence-electron chi connectivity index (χ3n) is 3.10. The van der Waals surface area contributed by atoms with Gasteiger partial charge in [-0.25, -0.2) is 0 Å². The Kier molecular flexibility index (Phi) is 5.99. The molecule has 0 spiro atoms. The standard InChI is InChI=1S/C16H20F3NO4/c1-15(2,3)24-14(23)13(11(20)8-12(21)22)9-6-4-5-7-10(9)16(17,18)19/h4-7,11,13H,8,20H2,1-3H3,(H,21,22)/t11-,13+/m1/s1. The number of carbonyl (C=O) groups is 2. The Labute approximate surface area is 137 Å². The molecule has 0 saturated heterocycles. The van der Waals surface area contributed by atoms with E-state index >= 15 is 0 Å². The van der Waals surface area contributed by atoms with Crippen LogP contribution in [0.15, 0.2) is 24.3 Å². The molecule has 0 radical (unpaired) electrons. The predicted molar refractivity (Wildman–Crippen MR) is 80.3 cm³/mol. The molecule has 0 bridgehead atoms. The molecule has 0 fully saturated rings. The maximum atomic E-state index is 13.2. The molecule has 134 valence electrons. The van der Waals surface area contributed by atoms with Crippen LogP contribution in [0.5, 0.6) is 0 Å². The summed E-state index contributed by atoms with van der Waals surface area (Å²) in [4.78, 5) is 23.3. The van der Waals surface area contributed by atoms with Crippen LogP contribution in [0, 0.1) is 0 Å². The van der Waals surface area contributed by atoms with Gasteiger partial charge in [0, 0.05) is 6.04 Å². The van der Waals surface area contributed by atoms with E-state index in [-0.39, 0.29) is 0 Å². The van der Waals surface area contributed by atoms with Gasteiger partial charge in [-0.15, -0.1) is 0 Å². The number of carbonyl (C=O) groups excluding carboxylic acids is 1. The van der Waals surface area contributed by atoms with Gasteiger partial charge in [-0.05, 0) is 32.4 Å². The van der Waals surface area contributed by atoms with Crippen molar-refractivity contribution in [2.75, 3.05) is 0 Å². The van der Waals surface area contributed by atoms with Crippen LogP contribution in [0.1, 0.15) is 44.2 Å². The number of hydrogen-bond donors (Lipinski definition) is 2. The van der Waals surface area contributed by atoms with Gasteiger partial charge in [0.05, 0.1) is 17.9 Å². The van der Waals surface area contributed by atoms with Gasteiger partial charge in [0.2, 0.25) is 0 Å². The number of benzene rings is 1. The zero-order valence-electron chi connectivity index (χ0n) is 13.6. The summed E-state index contributed by atoms with van der Waals surface area (Å²) in [6, 6.07) is 3.08. The lowest BCUT2D eigenvalue weighted by Crippen LogP contribution is -2.40. The molecule has 0 aliphatic heterocycles. The Balaban J connectivity index is 3.38. The lowest BCUT2D eigenvalue weighted by Gasteiger charge is -2.28. The Morgan fingerprint density at radius 1 is 1.21 bits per heavy atom. The molecule has 3 N–H and O–H groups in total. The molecule has 0 aliphatic rings. The van der Waals surface area contributed by atoms with E-state index in [1.54, 1.807) is 20.8 Å². The van der Waals surface area contributed by atoms with Gasteiger partial charge in [0.15, 0.2) is 0 Å². The Bertz CT molecular complexity index is 608. The van der Waals surface area contributed by atoms with Crippen molar-refractivity contribution in [1.29, 1.82) is 0 Å². The first-order valence-corrected chi connectivity index (χ1v) is 7.19. The van der Waals surface area contributed by atoms with E-state index in [1.165, 1.54) is 12.1 Å². The smallest absolute Gasteiger partial charge is 0.416 e. The van der Waals surface area contributed by atoms with Gasteiger partial charge in [0.1, 0.15) is 5.60 Å². The van der Waals surface area contributed by atoms with Crippen LogP contribution in [0.2, 0.25) is 0 Å². The predicted octanol–water partition coefficient (Wildman–Crippen LogP) is 2.93. The van der Waals surface area contributed by atoms with E-state index in [9.17, 15) is 22.8 Å². The zero-order chi connectivity index (χ0) is 18.7. The fraction of sp³-hybridized carbons (Fsp3) is 0.500. The minimum absolute atomic E-state index is 0.395. The molecule has 0 heterocycles. The molecule has 0 saturated carbocycles. The highest BCUT2D eigenvalue weighted by Gasteiger charge is 2.40. The second-order valence-corrected chi connectivity index (χ2v) is 6.36. The first-order chi connectivity index (χ1) is 10.8. The SMILES string of the molecule is CC(C)(C)OC(=O)[C@@H](c1ccccc1C(F)(F)F)[C@H](N)CC(=O)O. The molecule has 1 aromatic rings. The van der Waals surface area contributed by atoms with Crippen LogP contribution >= 0.6 is 0 Å². The number of halogens is 3. The normalized spacial score (nSPS) is 14.8. The fourth-order valence-corrected chi connectivity index (χ4v) is 2.24. The van der Waals surface area contributed by atoms with Crippen LogP contribution in [-0.4, -0.2) is 28.7 Å². The lowest BCUT2D eigenvalue weighted by molar-refractivity contribution is -0.158. The van der Waals surface area contributed by atoms with Crippen LogP contribution in [0.3, 0.4) is 0 Å². The highest BCUT2D eigenvalue weighted by atomic mass is 19.4. The Morgan fingerprint density at radius 2 is 1.75 bits per heavy atom.